The molecule has 6 heteroatoms. The van der Waals surface area contributed by atoms with Crippen LogP contribution in [0.25, 0.3) is 0 Å². The molecule has 2 N–H and O–H groups in total. The highest BCUT2D eigenvalue weighted by atomic mass is 19.1. The van der Waals surface area contributed by atoms with Crippen molar-refractivity contribution in [3.8, 4) is 0 Å². The second-order valence-electron chi connectivity index (χ2n) is 7.57. The van der Waals surface area contributed by atoms with Gasteiger partial charge in [0.05, 0.1) is 12.6 Å². The standard InChI is InChI=1S/C22H26FN3O2/c23-22(11-10-19-9-8-18-7-4-13-24-20(18)25-19)12-14-26(16-22)21(27)28-15-17-5-2-1-3-6-17/h1-3,5-6,8-11,19,24-25H,4,7,12-16H2/b11-10+. The largest absolute Gasteiger partial charge is 0.445 e. The zero-order valence-corrected chi connectivity index (χ0v) is 15.9. The van der Waals surface area contributed by atoms with Gasteiger partial charge in [0.15, 0.2) is 0 Å². The Balaban J connectivity index is 1.29. The highest BCUT2D eigenvalue weighted by molar-refractivity contribution is 5.68. The molecule has 3 aliphatic rings. The van der Waals surface area contributed by atoms with Crippen LogP contribution in [0.4, 0.5) is 9.18 Å². The Labute approximate surface area is 164 Å². The number of hydrogen-bond donors (Lipinski definition) is 2. The third-order valence-corrected chi connectivity index (χ3v) is 5.38. The molecule has 2 unspecified atom stereocenters. The van der Waals surface area contributed by atoms with Gasteiger partial charge < -0.3 is 20.3 Å². The summed E-state index contributed by atoms with van der Waals surface area (Å²) in [5.41, 5.74) is 0.677. The van der Waals surface area contributed by atoms with E-state index in [2.05, 4.69) is 16.7 Å². The predicted octanol–water partition coefficient (Wildman–Crippen LogP) is 3.42. The molecule has 0 aliphatic carbocycles. The van der Waals surface area contributed by atoms with E-state index in [4.69, 9.17) is 4.74 Å². The zero-order chi connectivity index (χ0) is 19.4. The topological polar surface area (TPSA) is 53.6 Å². The Morgan fingerprint density at radius 3 is 3.07 bits per heavy atom. The highest BCUT2D eigenvalue weighted by Gasteiger charge is 2.39. The number of hydrogen-bond acceptors (Lipinski definition) is 4. The molecule has 0 aromatic heterocycles. The summed E-state index contributed by atoms with van der Waals surface area (Å²) in [6.07, 6.45) is 9.61. The second kappa shape index (κ2) is 8.09. The normalized spacial score (nSPS) is 26.8. The van der Waals surface area contributed by atoms with Crippen LogP contribution < -0.4 is 10.6 Å². The van der Waals surface area contributed by atoms with Crippen molar-refractivity contribution in [1.82, 2.24) is 15.5 Å². The molecule has 2 atom stereocenters. The Bertz CT molecular complexity index is 805. The monoisotopic (exact) mass is 383 g/mol. The number of benzene rings is 1. The molecule has 1 aromatic carbocycles. The quantitative estimate of drug-likeness (QED) is 0.783. The van der Waals surface area contributed by atoms with Crippen LogP contribution in [0.1, 0.15) is 24.8 Å². The van der Waals surface area contributed by atoms with E-state index < -0.39 is 11.8 Å². The maximum absolute atomic E-state index is 15.2. The van der Waals surface area contributed by atoms with Gasteiger partial charge >= 0.3 is 6.09 Å². The lowest BCUT2D eigenvalue weighted by Crippen LogP contribution is -2.39. The smallest absolute Gasteiger partial charge is 0.410 e. The number of carbonyl (C=O) groups is 1. The fourth-order valence-corrected chi connectivity index (χ4v) is 3.76. The molecule has 0 bridgehead atoms. The van der Waals surface area contributed by atoms with Crippen LogP contribution in [0.3, 0.4) is 0 Å². The Hall–Kier alpha value is -2.76. The number of rotatable bonds is 4. The van der Waals surface area contributed by atoms with E-state index in [1.54, 1.807) is 6.08 Å². The molecule has 28 heavy (non-hydrogen) atoms. The van der Waals surface area contributed by atoms with Crippen molar-refractivity contribution >= 4 is 6.09 Å². The molecular weight excluding hydrogens is 357 g/mol. The minimum Gasteiger partial charge on any atom is -0.445 e. The van der Waals surface area contributed by atoms with Crippen molar-refractivity contribution in [3.05, 3.63) is 71.6 Å². The number of nitrogens with zero attached hydrogens (tertiary/aromatic N) is 1. The molecular formula is C22H26FN3O2. The third kappa shape index (κ3) is 4.38. The highest BCUT2D eigenvalue weighted by Crippen LogP contribution is 2.28. The van der Waals surface area contributed by atoms with E-state index in [1.807, 2.05) is 42.5 Å². The maximum atomic E-state index is 15.2. The van der Waals surface area contributed by atoms with E-state index in [0.717, 1.165) is 30.8 Å². The summed E-state index contributed by atoms with van der Waals surface area (Å²) >= 11 is 0. The van der Waals surface area contributed by atoms with Gasteiger partial charge in [0.1, 0.15) is 18.1 Å². The summed E-state index contributed by atoms with van der Waals surface area (Å²) in [7, 11) is 0. The van der Waals surface area contributed by atoms with Gasteiger partial charge in [-0.1, -0.05) is 48.6 Å². The lowest BCUT2D eigenvalue weighted by atomic mass is 9.99. The fourth-order valence-electron chi connectivity index (χ4n) is 3.76. The molecule has 1 aromatic rings. The SMILES string of the molecule is O=C(OCc1ccccc1)N1CCC(F)(/C=C/C2C=CC3=C(NCCC3)N2)C1. The molecule has 1 saturated heterocycles. The van der Waals surface area contributed by atoms with E-state index in [9.17, 15) is 4.79 Å². The van der Waals surface area contributed by atoms with Gasteiger partial charge in [-0.15, -0.1) is 0 Å². The maximum Gasteiger partial charge on any atom is 0.410 e. The molecule has 0 radical (unpaired) electrons. The van der Waals surface area contributed by atoms with Gasteiger partial charge in [-0.2, -0.15) is 0 Å². The van der Waals surface area contributed by atoms with Crippen LogP contribution in [0.2, 0.25) is 0 Å². The number of amides is 1. The first kappa shape index (κ1) is 18.6. The van der Waals surface area contributed by atoms with Crippen LogP contribution in [-0.4, -0.2) is 42.3 Å². The summed E-state index contributed by atoms with van der Waals surface area (Å²) in [4.78, 5) is 13.7. The first-order valence-corrected chi connectivity index (χ1v) is 9.87. The molecule has 1 amide bonds. The number of allylic oxidation sites excluding steroid dienone is 2. The van der Waals surface area contributed by atoms with Crippen molar-refractivity contribution in [1.29, 1.82) is 0 Å². The zero-order valence-electron chi connectivity index (χ0n) is 15.9. The number of likely N-dealkylation sites (tertiary alicyclic amines) is 1. The summed E-state index contributed by atoms with van der Waals surface area (Å²) in [6, 6.07) is 9.44. The van der Waals surface area contributed by atoms with Crippen LogP contribution in [-0.2, 0) is 11.3 Å². The number of carbonyl (C=O) groups excluding carboxylic acids is 1. The van der Waals surface area contributed by atoms with Crippen LogP contribution >= 0.6 is 0 Å². The van der Waals surface area contributed by atoms with Gasteiger partial charge in [-0.05, 0) is 30.1 Å². The summed E-state index contributed by atoms with van der Waals surface area (Å²) in [5, 5.41) is 6.75. The average Bonchev–Trinajstić information content (AvgIpc) is 3.14. The number of dihydropyridines is 1. The minimum absolute atomic E-state index is 0.0275. The van der Waals surface area contributed by atoms with Crippen molar-refractivity contribution in [2.75, 3.05) is 19.6 Å². The minimum atomic E-state index is -1.52. The second-order valence-corrected chi connectivity index (χ2v) is 7.57. The van der Waals surface area contributed by atoms with E-state index in [0.29, 0.717) is 6.54 Å². The third-order valence-electron chi connectivity index (χ3n) is 5.38. The Morgan fingerprint density at radius 1 is 1.36 bits per heavy atom. The lowest BCUT2D eigenvalue weighted by Gasteiger charge is -2.28. The molecule has 5 nitrogen and oxygen atoms in total. The van der Waals surface area contributed by atoms with Gasteiger partial charge in [-0.3, -0.25) is 0 Å². The summed E-state index contributed by atoms with van der Waals surface area (Å²) < 4.78 is 20.5. The first-order chi connectivity index (χ1) is 13.6. The molecule has 3 heterocycles. The van der Waals surface area contributed by atoms with E-state index in [-0.39, 0.29) is 25.6 Å². The Kier molecular flexibility index (Phi) is 5.37. The van der Waals surface area contributed by atoms with Crippen molar-refractivity contribution < 1.29 is 13.9 Å². The summed E-state index contributed by atoms with van der Waals surface area (Å²) in [6.45, 7) is 1.55. The first-order valence-electron chi connectivity index (χ1n) is 9.87. The number of halogens is 1. The molecule has 0 spiro atoms. The van der Waals surface area contributed by atoms with Crippen molar-refractivity contribution in [3.63, 3.8) is 0 Å². The van der Waals surface area contributed by atoms with Crippen LogP contribution in [0.5, 0.6) is 0 Å². The van der Waals surface area contributed by atoms with E-state index >= 15 is 4.39 Å². The lowest BCUT2D eigenvalue weighted by molar-refractivity contribution is 0.0988. The molecule has 4 rings (SSSR count). The number of nitrogens with one attached hydrogen (secondary N) is 2. The number of alkyl halides is 1. The predicted molar refractivity (Wildman–Crippen MR) is 106 cm³/mol. The molecule has 1 fully saturated rings. The van der Waals surface area contributed by atoms with Gasteiger partial charge in [0.25, 0.3) is 0 Å². The van der Waals surface area contributed by atoms with Crippen molar-refractivity contribution in [2.24, 2.45) is 0 Å². The van der Waals surface area contributed by atoms with Crippen molar-refractivity contribution in [2.45, 2.75) is 37.6 Å². The fraction of sp³-hybridized carbons (Fsp3) is 0.409. The van der Waals surface area contributed by atoms with E-state index in [1.165, 1.54) is 10.5 Å². The number of ether oxygens (including phenoxy) is 1. The average molecular weight is 383 g/mol. The van der Waals surface area contributed by atoms with Gasteiger partial charge in [0.2, 0.25) is 0 Å². The van der Waals surface area contributed by atoms with Gasteiger partial charge in [0, 0.05) is 19.5 Å². The summed E-state index contributed by atoms with van der Waals surface area (Å²) in [5.74, 6) is 1.05. The molecule has 148 valence electrons. The molecule has 3 aliphatic heterocycles. The molecule has 0 saturated carbocycles. The Morgan fingerprint density at radius 2 is 2.21 bits per heavy atom. The van der Waals surface area contributed by atoms with Crippen LogP contribution in [0.15, 0.2) is 66.0 Å². The van der Waals surface area contributed by atoms with Crippen LogP contribution in [0, 0.1) is 0 Å². The van der Waals surface area contributed by atoms with Gasteiger partial charge in [-0.25, -0.2) is 9.18 Å².